The second-order valence-electron chi connectivity index (χ2n) is 8.56. The number of nitrogens with zero attached hydrogens (tertiary/aromatic N) is 2. The first-order chi connectivity index (χ1) is 17.9. The molecule has 2 heterocycles. The van der Waals surface area contributed by atoms with Crippen LogP contribution in [-0.2, 0) is 9.59 Å². The van der Waals surface area contributed by atoms with E-state index in [1.807, 2.05) is 6.92 Å². The van der Waals surface area contributed by atoms with Crippen LogP contribution in [-0.4, -0.2) is 28.4 Å². The van der Waals surface area contributed by atoms with Crippen LogP contribution >= 0.6 is 11.3 Å². The average Bonchev–Trinajstić information content (AvgIpc) is 3.42. The number of thiazole rings is 1. The minimum atomic E-state index is -1.07. The molecule has 37 heavy (non-hydrogen) atoms. The van der Waals surface area contributed by atoms with Gasteiger partial charge in [0.1, 0.15) is 23.1 Å². The number of amides is 1. The number of Topliss-reactive ketones (excluding diaryl/α,β-unsaturated/α-hetero) is 1. The molecule has 1 N–H and O–H groups in total. The van der Waals surface area contributed by atoms with Crippen molar-refractivity contribution in [2.45, 2.75) is 25.8 Å². The van der Waals surface area contributed by atoms with Gasteiger partial charge < -0.3 is 9.84 Å². The quantitative estimate of drug-likeness (QED) is 0.132. The molecule has 0 bridgehead atoms. The summed E-state index contributed by atoms with van der Waals surface area (Å²) in [7, 11) is 0. The predicted octanol–water partition coefficient (Wildman–Crippen LogP) is 6.38. The van der Waals surface area contributed by atoms with Gasteiger partial charge in [-0.25, -0.2) is 13.8 Å². The van der Waals surface area contributed by atoms with Crippen molar-refractivity contribution in [2.75, 3.05) is 11.5 Å². The Morgan fingerprint density at radius 2 is 1.81 bits per heavy atom. The van der Waals surface area contributed by atoms with Crippen LogP contribution in [0, 0.1) is 11.6 Å². The summed E-state index contributed by atoms with van der Waals surface area (Å²) in [5.74, 6) is -2.63. The molecule has 6 nitrogen and oxygen atoms in total. The molecular formula is C28H22F2N2O4S. The highest BCUT2D eigenvalue weighted by molar-refractivity contribution is 7.22. The lowest BCUT2D eigenvalue weighted by Gasteiger charge is -2.23. The molecule has 1 aromatic heterocycles. The number of carbonyl (C=O) groups excluding carboxylic acids is 2. The van der Waals surface area contributed by atoms with Crippen LogP contribution in [0.1, 0.15) is 36.9 Å². The van der Waals surface area contributed by atoms with E-state index in [-0.39, 0.29) is 16.5 Å². The molecule has 3 aromatic carbocycles. The normalized spacial score (nSPS) is 17.1. The zero-order chi connectivity index (χ0) is 26.1. The Morgan fingerprint density at radius 1 is 1.05 bits per heavy atom. The highest BCUT2D eigenvalue weighted by Gasteiger charge is 2.48. The molecule has 5 rings (SSSR count). The fourth-order valence-electron chi connectivity index (χ4n) is 4.20. The van der Waals surface area contributed by atoms with Crippen LogP contribution in [0.25, 0.3) is 16.0 Å². The van der Waals surface area contributed by atoms with E-state index in [4.69, 9.17) is 4.74 Å². The van der Waals surface area contributed by atoms with Crippen molar-refractivity contribution in [1.29, 1.82) is 0 Å². The third-order valence-electron chi connectivity index (χ3n) is 6.05. The zero-order valence-electron chi connectivity index (χ0n) is 19.8. The number of benzene rings is 3. The summed E-state index contributed by atoms with van der Waals surface area (Å²) in [5.41, 5.74) is 0.999. The second kappa shape index (κ2) is 10.1. The summed E-state index contributed by atoms with van der Waals surface area (Å²) in [6.45, 7) is 2.54. The van der Waals surface area contributed by atoms with Crippen LogP contribution in [0.3, 0.4) is 0 Å². The number of aliphatic hydroxyl groups is 1. The molecule has 0 radical (unpaired) electrons. The van der Waals surface area contributed by atoms with Gasteiger partial charge in [-0.05, 0) is 54.4 Å². The number of fused-ring (bicyclic) bond motifs is 1. The zero-order valence-corrected chi connectivity index (χ0v) is 20.6. The molecule has 9 heteroatoms. The molecule has 0 aliphatic carbocycles. The van der Waals surface area contributed by atoms with E-state index < -0.39 is 29.4 Å². The van der Waals surface area contributed by atoms with Gasteiger partial charge in [0, 0.05) is 5.56 Å². The number of rotatable bonds is 7. The first-order valence-electron chi connectivity index (χ1n) is 11.7. The van der Waals surface area contributed by atoms with Crippen LogP contribution in [0.5, 0.6) is 5.75 Å². The highest BCUT2D eigenvalue weighted by atomic mass is 32.1. The fourth-order valence-corrected chi connectivity index (χ4v) is 5.22. The van der Waals surface area contributed by atoms with Crippen LogP contribution in [0.2, 0.25) is 0 Å². The number of ketones is 1. The second-order valence-corrected chi connectivity index (χ2v) is 9.57. The Labute approximate surface area is 215 Å². The van der Waals surface area contributed by atoms with Crippen molar-refractivity contribution in [1.82, 2.24) is 4.98 Å². The Bertz CT molecular complexity index is 1530. The molecule has 188 valence electrons. The van der Waals surface area contributed by atoms with E-state index in [2.05, 4.69) is 4.98 Å². The van der Waals surface area contributed by atoms with E-state index in [9.17, 15) is 23.5 Å². The molecule has 4 aromatic rings. The lowest BCUT2D eigenvalue weighted by Crippen LogP contribution is -2.29. The molecule has 1 fully saturated rings. The summed E-state index contributed by atoms with van der Waals surface area (Å²) in [5, 5.41) is 11.5. The van der Waals surface area contributed by atoms with Crippen molar-refractivity contribution in [2.24, 2.45) is 0 Å². The van der Waals surface area contributed by atoms with Gasteiger partial charge in [-0.3, -0.25) is 14.5 Å². The van der Waals surface area contributed by atoms with Gasteiger partial charge in [-0.2, -0.15) is 0 Å². The maximum absolute atomic E-state index is 13.8. The molecule has 1 aliphatic heterocycles. The number of unbranched alkanes of at least 4 members (excludes halogenated alkanes) is 1. The van der Waals surface area contributed by atoms with Crippen molar-refractivity contribution in [3.63, 3.8) is 0 Å². The van der Waals surface area contributed by atoms with Crippen molar-refractivity contribution >= 4 is 44.1 Å². The Kier molecular flexibility index (Phi) is 6.71. The van der Waals surface area contributed by atoms with E-state index in [1.54, 1.807) is 24.3 Å². The van der Waals surface area contributed by atoms with E-state index in [1.165, 1.54) is 47.4 Å². The van der Waals surface area contributed by atoms with Gasteiger partial charge in [-0.1, -0.05) is 48.9 Å². The highest BCUT2D eigenvalue weighted by Crippen LogP contribution is 2.44. The summed E-state index contributed by atoms with van der Waals surface area (Å²) in [6.07, 6.45) is 1.82. The number of aliphatic hydroxyl groups excluding tert-OH is 1. The maximum atomic E-state index is 13.8. The number of ether oxygens (including phenoxy) is 1. The van der Waals surface area contributed by atoms with Crippen LogP contribution in [0.15, 0.2) is 72.3 Å². The van der Waals surface area contributed by atoms with Gasteiger partial charge >= 0.3 is 5.91 Å². The van der Waals surface area contributed by atoms with Crippen molar-refractivity contribution in [3.8, 4) is 5.75 Å². The summed E-state index contributed by atoms with van der Waals surface area (Å²) < 4.78 is 33.8. The van der Waals surface area contributed by atoms with Gasteiger partial charge in [0.05, 0.1) is 28.4 Å². The van der Waals surface area contributed by atoms with Gasteiger partial charge in [-0.15, -0.1) is 0 Å². The van der Waals surface area contributed by atoms with E-state index in [0.717, 1.165) is 24.2 Å². The summed E-state index contributed by atoms with van der Waals surface area (Å²) >= 11 is 1.04. The van der Waals surface area contributed by atoms with Crippen molar-refractivity contribution in [3.05, 3.63) is 95.1 Å². The molecule has 0 saturated carbocycles. The average molecular weight is 521 g/mol. The monoisotopic (exact) mass is 520 g/mol. The Morgan fingerprint density at radius 3 is 2.57 bits per heavy atom. The van der Waals surface area contributed by atoms with E-state index in [0.29, 0.717) is 33.7 Å². The molecule has 1 amide bonds. The van der Waals surface area contributed by atoms with Crippen LogP contribution in [0.4, 0.5) is 13.9 Å². The SMILES string of the molecule is CCCCOc1cccc(C(O)=C2C(=O)C(=O)N(c3nc4ccc(F)cc4s3)C2c2ccc(F)cc2)c1. The number of aromatic nitrogens is 1. The maximum Gasteiger partial charge on any atom is 0.301 e. The first-order valence-corrected chi connectivity index (χ1v) is 12.5. The molecular weight excluding hydrogens is 498 g/mol. The largest absolute Gasteiger partial charge is 0.507 e. The molecule has 1 atom stereocenters. The lowest BCUT2D eigenvalue weighted by atomic mass is 9.95. The number of anilines is 1. The number of hydrogen-bond donors (Lipinski definition) is 1. The van der Waals surface area contributed by atoms with E-state index >= 15 is 0 Å². The minimum Gasteiger partial charge on any atom is -0.507 e. The molecule has 1 aliphatic rings. The third-order valence-corrected chi connectivity index (χ3v) is 7.07. The topological polar surface area (TPSA) is 79.7 Å². The summed E-state index contributed by atoms with van der Waals surface area (Å²) in [6, 6.07) is 14.9. The smallest absolute Gasteiger partial charge is 0.301 e. The molecule has 1 saturated heterocycles. The van der Waals surface area contributed by atoms with Gasteiger partial charge in [0.25, 0.3) is 5.78 Å². The third kappa shape index (κ3) is 4.70. The van der Waals surface area contributed by atoms with Gasteiger partial charge in [0.15, 0.2) is 5.13 Å². The predicted molar refractivity (Wildman–Crippen MR) is 138 cm³/mol. The minimum absolute atomic E-state index is 0.159. The number of hydrogen-bond acceptors (Lipinski definition) is 6. The number of carbonyl (C=O) groups is 2. The summed E-state index contributed by atoms with van der Waals surface area (Å²) in [4.78, 5) is 32.2. The fraction of sp³-hybridized carbons (Fsp3) is 0.179. The van der Waals surface area contributed by atoms with Crippen molar-refractivity contribution < 1.29 is 28.2 Å². The number of halogens is 2. The lowest BCUT2D eigenvalue weighted by molar-refractivity contribution is -0.132. The van der Waals surface area contributed by atoms with Crippen LogP contribution < -0.4 is 9.64 Å². The Balaban J connectivity index is 1.64. The first kappa shape index (κ1) is 24.6. The molecule has 0 spiro atoms. The van der Waals surface area contributed by atoms with Gasteiger partial charge in [0.2, 0.25) is 0 Å². The Hall–Kier alpha value is -4.11. The molecule has 1 unspecified atom stereocenters. The standard InChI is InChI=1S/C28H22F2N2O4S/c1-2-3-13-36-20-6-4-5-17(14-20)25(33)23-24(16-7-9-18(29)10-8-16)32(27(35)26(23)34)28-31-21-12-11-19(30)15-22(21)37-28/h4-12,14-15,24,33H,2-3,13H2,1H3.